The van der Waals surface area contributed by atoms with Crippen molar-refractivity contribution in [1.82, 2.24) is 10.2 Å². The fraction of sp³-hybridized carbons (Fsp3) is 0.297. The molecule has 7 nitrogen and oxygen atoms in total. The van der Waals surface area contributed by atoms with E-state index in [1.807, 2.05) is 61.5 Å². The van der Waals surface area contributed by atoms with Crippen molar-refractivity contribution in [3.8, 4) is 0 Å². The molecule has 1 N–H and O–H groups in total. The lowest BCUT2D eigenvalue weighted by Gasteiger charge is -2.35. The standard InChI is InChI=1S/C37H40F3N3O4S/c1-26-14-18-29(19-15-26)24-42(33(35(45)41-36(3,4)5)22-28-10-7-6-8-11-28)34(44)25-43(31-13-9-12-30(23-31)37(38,39)40)48(46,47)32-20-16-27(2)17-21-32/h6-21,23,33H,22,24-25H2,1-5H3,(H,41,45)/t33-/m0/s1. The van der Waals surface area contributed by atoms with Gasteiger partial charge in [0.15, 0.2) is 0 Å². The molecule has 254 valence electrons. The smallest absolute Gasteiger partial charge is 0.350 e. The number of alkyl halides is 3. The molecule has 0 aliphatic heterocycles. The first-order chi connectivity index (χ1) is 22.4. The van der Waals surface area contributed by atoms with Crippen molar-refractivity contribution in [3.63, 3.8) is 0 Å². The molecule has 0 spiro atoms. The number of halogens is 3. The lowest BCUT2D eigenvalue weighted by Crippen LogP contribution is -2.56. The van der Waals surface area contributed by atoms with Gasteiger partial charge in [-0.15, -0.1) is 0 Å². The molecule has 0 radical (unpaired) electrons. The van der Waals surface area contributed by atoms with Gasteiger partial charge in [0, 0.05) is 18.5 Å². The molecule has 0 bridgehead atoms. The van der Waals surface area contributed by atoms with Gasteiger partial charge in [0.25, 0.3) is 10.0 Å². The molecule has 0 heterocycles. The lowest BCUT2D eigenvalue weighted by molar-refractivity contribution is -0.140. The first-order valence-electron chi connectivity index (χ1n) is 15.4. The minimum absolute atomic E-state index is 0.0603. The van der Waals surface area contributed by atoms with Gasteiger partial charge in [-0.3, -0.25) is 13.9 Å². The number of hydrogen-bond acceptors (Lipinski definition) is 4. The Kier molecular flexibility index (Phi) is 11.0. The van der Waals surface area contributed by atoms with Crippen LogP contribution in [0.5, 0.6) is 0 Å². The van der Waals surface area contributed by atoms with Crippen molar-refractivity contribution in [2.45, 2.75) is 70.2 Å². The molecule has 4 rings (SSSR count). The van der Waals surface area contributed by atoms with Crippen molar-refractivity contribution < 1.29 is 31.2 Å². The molecule has 0 fully saturated rings. The number of nitrogens with one attached hydrogen (secondary N) is 1. The van der Waals surface area contributed by atoms with Crippen molar-refractivity contribution in [2.75, 3.05) is 10.8 Å². The lowest BCUT2D eigenvalue weighted by atomic mass is 10.0. The third-order valence-corrected chi connectivity index (χ3v) is 9.38. The third-order valence-electron chi connectivity index (χ3n) is 7.59. The molecule has 0 unspecified atom stereocenters. The number of hydrogen-bond donors (Lipinski definition) is 1. The van der Waals surface area contributed by atoms with Crippen molar-refractivity contribution in [2.24, 2.45) is 0 Å². The number of amides is 2. The summed E-state index contributed by atoms with van der Waals surface area (Å²) in [5.41, 5.74) is 1.12. The molecular formula is C37H40F3N3O4S. The van der Waals surface area contributed by atoms with E-state index in [0.717, 1.165) is 28.8 Å². The van der Waals surface area contributed by atoms with E-state index in [1.165, 1.54) is 23.1 Å². The van der Waals surface area contributed by atoms with Crippen LogP contribution in [-0.2, 0) is 38.8 Å². The zero-order valence-electron chi connectivity index (χ0n) is 27.6. The van der Waals surface area contributed by atoms with Crippen LogP contribution < -0.4 is 9.62 Å². The highest BCUT2D eigenvalue weighted by atomic mass is 32.2. The molecule has 0 aromatic heterocycles. The zero-order valence-corrected chi connectivity index (χ0v) is 28.4. The summed E-state index contributed by atoms with van der Waals surface area (Å²) < 4.78 is 70.4. The number of aryl methyl sites for hydroxylation is 2. The number of rotatable bonds is 11. The van der Waals surface area contributed by atoms with Crippen molar-refractivity contribution >= 4 is 27.5 Å². The molecule has 2 amide bonds. The van der Waals surface area contributed by atoms with Gasteiger partial charge in [-0.05, 0) is 76.1 Å². The van der Waals surface area contributed by atoms with Gasteiger partial charge in [0.2, 0.25) is 11.8 Å². The van der Waals surface area contributed by atoms with E-state index >= 15 is 0 Å². The second-order valence-electron chi connectivity index (χ2n) is 12.8. The number of nitrogens with zero attached hydrogens (tertiary/aromatic N) is 2. The zero-order chi connectivity index (χ0) is 35.3. The molecule has 0 saturated heterocycles. The summed E-state index contributed by atoms with van der Waals surface area (Å²) in [6, 6.07) is 25.0. The molecule has 0 aliphatic carbocycles. The minimum Gasteiger partial charge on any atom is -0.350 e. The molecule has 4 aromatic carbocycles. The van der Waals surface area contributed by atoms with Crippen LogP contribution in [0.25, 0.3) is 0 Å². The van der Waals surface area contributed by atoms with Gasteiger partial charge in [-0.2, -0.15) is 13.2 Å². The highest BCUT2D eigenvalue weighted by molar-refractivity contribution is 7.92. The highest BCUT2D eigenvalue weighted by Gasteiger charge is 2.37. The Labute approximate surface area is 280 Å². The average molecular weight is 680 g/mol. The molecule has 11 heteroatoms. The summed E-state index contributed by atoms with van der Waals surface area (Å²) >= 11 is 0. The van der Waals surface area contributed by atoms with Crippen LogP contribution in [0, 0.1) is 13.8 Å². The van der Waals surface area contributed by atoms with Gasteiger partial charge in [-0.25, -0.2) is 8.42 Å². The summed E-state index contributed by atoms with van der Waals surface area (Å²) in [6.07, 6.45) is -4.66. The average Bonchev–Trinajstić information content (AvgIpc) is 3.01. The van der Waals surface area contributed by atoms with E-state index < -0.39 is 51.7 Å². The van der Waals surface area contributed by atoms with Crippen molar-refractivity contribution in [3.05, 3.63) is 131 Å². The third kappa shape index (κ3) is 9.47. The van der Waals surface area contributed by atoms with E-state index in [0.29, 0.717) is 15.9 Å². The second-order valence-corrected chi connectivity index (χ2v) is 14.7. The van der Waals surface area contributed by atoms with Gasteiger partial charge in [0.1, 0.15) is 12.6 Å². The van der Waals surface area contributed by atoms with E-state index in [1.54, 1.807) is 39.8 Å². The normalized spacial score (nSPS) is 12.7. The van der Waals surface area contributed by atoms with E-state index in [-0.39, 0.29) is 23.5 Å². The Hall–Kier alpha value is -4.64. The molecule has 0 aliphatic rings. The Morgan fingerprint density at radius 2 is 1.35 bits per heavy atom. The van der Waals surface area contributed by atoms with E-state index in [4.69, 9.17) is 0 Å². The number of anilines is 1. The summed E-state index contributed by atoms with van der Waals surface area (Å²) in [6.45, 7) is 8.17. The maximum Gasteiger partial charge on any atom is 0.416 e. The topological polar surface area (TPSA) is 86.8 Å². The summed E-state index contributed by atoms with van der Waals surface area (Å²) in [5, 5.41) is 2.95. The van der Waals surface area contributed by atoms with E-state index in [9.17, 15) is 31.2 Å². The SMILES string of the molecule is Cc1ccc(CN(C(=O)CN(c2cccc(C(F)(F)F)c2)S(=O)(=O)c2ccc(C)cc2)[C@@H](Cc2ccccc2)C(=O)NC(C)(C)C)cc1. The summed E-state index contributed by atoms with van der Waals surface area (Å²) in [4.78, 5) is 29.6. The van der Waals surface area contributed by atoms with Gasteiger partial charge >= 0.3 is 6.18 Å². The Bertz CT molecular complexity index is 1820. The molecule has 4 aromatic rings. The quantitative estimate of drug-likeness (QED) is 0.184. The fourth-order valence-corrected chi connectivity index (χ4v) is 6.51. The maximum absolute atomic E-state index is 14.5. The van der Waals surface area contributed by atoms with Crippen LogP contribution in [0.1, 0.15) is 48.6 Å². The molecule has 0 saturated carbocycles. The summed E-state index contributed by atoms with van der Waals surface area (Å²) in [5.74, 6) is -1.23. The first-order valence-corrected chi connectivity index (χ1v) is 16.9. The number of carbonyl (C=O) groups excluding carboxylic acids is 2. The van der Waals surface area contributed by atoms with Crippen LogP contribution in [0.3, 0.4) is 0 Å². The fourth-order valence-electron chi connectivity index (χ4n) is 5.10. The van der Waals surface area contributed by atoms with Gasteiger partial charge in [0.05, 0.1) is 16.1 Å². The van der Waals surface area contributed by atoms with Crippen LogP contribution >= 0.6 is 0 Å². The summed E-state index contributed by atoms with van der Waals surface area (Å²) in [7, 11) is -4.56. The van der Waals surface area contributed by atoms with Crippen LogP contribution in [-0.4, -0.2) is 43.3 Å². The van der Waals surface area contributed by atoms with Crippen LogP contribution in [0.2, 0.25) is 0 Å². The Balaban J connectivity index is 1.85. The molecule has 48 heavy (non-hydrogen) atoms. The number of benzene rings is 4. The van der Waals surface area contributed by atoms with Gasteiger partial charge < -0.3 is 10.2 Å². The number of sulfonamides is 1. The molecule has 1 atom stereocenters. The Morgan fingerprint density at radius 1 is 0.771 bits per heavy atom. The first kappa shape index (κ1) is 36.2. The Morgan fingerprint density at radius 3 is 1.92 bits per heavy atom. The predicted molar refractivity (Wildman–Crippen MR) is 181 cm³/mol. The number of carbonyl (C=O) groups is 2. The highest BCUT2D eigenvalue weighted by Crippen LogP contribution is 2.33. The van der Waals surface area contributed by atoms with Crippen LogP contribution in [0.15, 0.2) is 108 Å². The van der Waals surface area contributed by atoms with Crippen molar-refractivity contribution in [1.29, 1.82) is 0 Å². The largest absolute Gasteiger partial charge is 0.416 e. The molecular weight excluding hydrogens is 639 g/mol. The van der Waals surface area contributed by atoms with Crippen LogP contribution in [0.4, 0.5) is 18.9 Å². The second kappa shape index (κ2) is 14.6. The monoisotopic (exact) mass is 679 g/mol. The minimum atomic E-state index is -4.76. The van der Waals surface area contributed by atoms with E-state index in [2.05, 4.69) is 5.32 Å². The van der Waals surface area contributed by atoms with Gasteiger partial charge in [-0.1, -0.05) is 83.9 Å². The predicted octanol–water partition coefficient (Wildman–Crippen LogP) is 7.07. The maximum atomic E-state index is 14.5.